The van der Waals surface area contributed by atoms with Gasteiger partial charge in [0.25, 0.3) is 0 Å². The molecule has 0 atom stereocenters. The summed E-state index contributed by atoms with van der Waals surface area (Å²) in [6.07, 6.45) is 2.88. The lowest BCUT2D eigenvalue weighted by Gasteiger charge is -2.07. The molecule has 3 heteroatoms. The molecule has 8 heavy (non-hydrogen) atoms. The van der Waals surface area contributed by atoms with Gasteiger partial charge in [-0.3, -0.25) is 5.41 Å². The molecule has 0 rings (SSSR count). The number of nitrogens with two attached hydrogens (primary N) is 1. The molecule has 3 nitrogen and oxygen atoms in total. The Morgan fingerprint density at radius 2 is 2.12 bits per heavy atom. The number of likely N-dealkylation sites (N-methyl/N-ethyl adjacent to an activating group) is 1. The van der Waals surface area contributed by atoms with Crippen molar-refractivity contribution in [3.8, 4) is 0 Å². The van der Waals surface area contributed by atoms with E-state index >= 15 is 0 Å². The fraction of sp³-hybridized carbons (Fsp3) is 0.400. The Balaban J connectivity index is 3.66. The lowest BCUT2D eigenvalue weighted by Crippen LogP contribution is -2.18. The largest absolute Gasteiger partial charge is 0.404 e. The Morgan fingerprint density at radius 1 is 1.62 bits per heavy atom. The molecule has 0 aromatic carbocycles. The zero-order chi connectivity index (χ0) is 6.57. The Morgan fingerprint density at radius 3 is 2.25 bits per heavy atom. The molecule has 0 spiro atoms. The van der Waals surface area contributed by atoms with Crippen LogP contribution in [-0.2, 0) is 0 Å². The van der Waals surface area contributed by atoms with Gasteiger partial charge in [-0.15, -0.1) is 0 Å². The van der Waals surface area contributed by atoms with E-state index in [4.69, 9.17) is 11.1 Å². The van der Waals surface area contributed by atoms with Gasteiger partial charge in [-0.25, -0.2) is 0 Å². The van der Waals surface area contributed by atoms with Gasteiger partial charge in [0.05, 0.1) is 0 Å². The highest BCUT2D eigenvalue weighted by Crippen LogP contribution is 1.77. The molecule has 0 aliphatic heterocycles. The highest BCUT2D eigenvalue weighted by Gasteiger charge is 1.87. The molecule has 0 aliphatic rings. The topological polar surface area (TPSA) is 53.1 Å². The Hall–Kier alpha value is -0.990. The first-order chi connectivity index (χ1) is 3.68. The highest BCUT2D eigenvalue weighted by atomic mass is 15.1. The summed E-state index contributed by atoms with van der Waals surface area (Å²) in [5.74, 6) is 0.410. The smallest absolute Gasteiger partial charge is 0.121 e. The average Bonchev–Trinajstić information content (AvgIpc) is 1.67. The second-order valence-electron chi connectivity index (χ2n) is 1.64. The second kappa shape index (κ2) is 3.07. The second-order valence-corrected chi connectivity index (χ2v) is 1.64. The minimum absolute atomic E-state index is 0.410. The van der Waals surface area contributed by atoms with Crippen molar-refractivity contribution in [2.24, 2.45) is 5.73 Å². The molecule has 0 aromatic rings. The maximum absolute atomic E-state index is 7.10. The number of hydrogen-bond acceptors (Lipinski definition) is 2. The van der Waals surface area contributed by atoms with Crippen molar-refractivity contribution in [3.63, 3.8) is 0 Å². The predicted octanol–water partition coefficient (Wildman–Crippen LogP) is -0.00233. The van der Waals surface area contributed by atoms with E-state index in [0.29, 0.717) is 5.84 Å². The van der Waals surface area contributed by atoms with Crippen LogP contribution < -0.4 is 5.73 Å². The number of nitrogens with one attached hydrogen (secondary N) is 1. The lowest BCUT2D eigenvalue weighted by molar-refractivity contribution is 0.622. The summed E-state index contributed by atoms with van der Waals surface area (Å²) in [5.41, 5.74) is 5.02. The van der Waals surface area contributed by atoms with Crippen molar-refractivity contribution >= 4 is 5.84 Å². The first kappa shape index (κ1) is 7.01. The van der Waals surface area contributed by atoms with Crippen molar-refractivity contribution in [2.45, 2.75) is 0 Å². The van der Waals surface area contributed by atoms with Gasteiger partial charge >= 0.3 is 0 Å². The minimum Gasteiger partial charge on any atom is -0.404 e. The molecule has 3 N–H and O–H groups in total. The zero-order valence-corrected chi connectivity index (χ0v) is 5.18. The van der Waals surface area contributed by atoms with Crippen molar-refractivity contribution in [3.05, 3.63) is 12.3 Å². The third kappa shape index (κ3) is 2.23. The Kier molecular flexibility index (Phi) is 2.69. The quantitative estimate of drug-likeness (QED) is 0.371. The molecule has 0 aliphatic carbocycles. The van der Waals surface area contributed by atoms with E-state index in [1.54, 1.807) is 19.0 Å². The SMILES string of the molecule is CN(C)C(=N)C=CN. The van der Waals surface area contributed by atoms with Gasteiger partial charge in [0, 0.05) is 14.1 Å². The van der Waals surface area contributed by atoms with E-state index < -0.39 is 0 Å². The van der Waals surface area contributed by atoms with Crippen molar-refractivity contribution in [1.29, 1.82) is 5.41 Å². The monoisotopic (exact) mass is 113 g/mol. The summed E-state index contributed by atoms with van der Waals surface area (Å²) in [6, 6.07) is 0. The van der Waals surface area contributed by atoms with Crippen LogP contribution in [0.15, 0.2) is 12.3 Å². The third-order valence-corrected chi connectivity index (χ3v) is 0.736. The number of nitrogens with zero attached hydrogens (tertiary/aromatic N) is 1. The van der Waals surface area contributed by atoms with Crippen LogP contribution in [0, 0.1) is 5.41 Å². The standard InChI is InChI=1S/C5H11N3/c1-8(2)5(7)3-4-6/h3-4,7H,6H2,1-2H3. The highest BCUT2D eigenvalue weighted by molar-refractivity contribution is 5.89. The minimum atomic E-state index is 0.410. The van der Waals surface area contributed by atoms with Gasteiger partial charge in [0.2, 0.25) is 0 Å². The third-order valence-electron chi connectivity index (χ3n) is 0.736. The predicted molar refractivity (Wildman–Crippen MR) is 34.7 cm³/mol. The van der Waals surface area contributed by atoms with E-state index in [1.165, 1.54) is 12.3 Å². The van der Waals surface area contributed by atoms with Gasteiger partial charge < -0.3 is 10.6 Å². The van der Waals surface area contributed by atoms with E-state index in [1.807, 2.05) is 0 Å². The molecule has 46 valence electrons. The average molecular weight is 113 g/mol. The first-order valence-electron chi connectivity index (χ1n) is 2.32. The molecule has 0 fully saturated rings. The molecule has 0 radical (unpaired) electrons. The number of rotatable bonds is 1. The molecule has 0 aromatic heterocycles. The van der Waals surface area contributed by atoms with E-state index in [2.05, 4.69) is 0 Å². The van der Waals surface area contributed by atoms with Crippen LogP contribution in [0.3, 0.4) is 0 Å². The van der Waals surface area contributed by atoms with Gasteiger partial charge in [0.15, 0.2) is 0 Å². The Labute approximate surface area is 49.3 Å². The van der Waals surface area contributed by atoms with Crippen LogP contribution in [0.25, 0.3) is 0 Å². The summed E-state index contributed by atoms with van der Waals surface area (Å²) in [6.45, 7) is 0. The zero-order valence-electron chi connectivity index (χ0n) is 5.18. The molecular formula is C5H11N3. The Bertz CT molecular complexity index is 104. The number of amidine groups is 1. The van der Waals surface area contributed by atoms with E-state index in [9.17, 15) is 0 Å². The van der Waals surface area contributed by atoms with Crippen LogP contribution >= 0.6 is 0 Å². The summed E-state index contributed by atoms with van der Waals surface area (Å²) in [7, 11) is 3.59. The lowest BCUT2D eigenvalue weighted by atomic mass is 10.5. The maximum Gasteiger partial charge on any atom is 0.121 e. The summed E-state index contributed by atoms with van der Waals surface area (Å²) < 4.78 is 0. The molecular weight excluding hydrogens is 102 g/mol. The maximum atomic E-state index is 7.10. The summed E-state index contributed by atoms with van der Waals surface area (Å²) in [5, 5.41) is 7.10. The fourth-order valence-electron chi connectivity index (χ4n) is 0.240. The first-order valence-corrected chi connectivity index (χ1v) is 2.32. The van der Waals surface area contributed by atoms with Crippen molar-refractivity contribution < 1.29 is 0 Å². The molecule has 0 heterocycles. The van der Waals surface area contributed by atoms with E-state index in [0.717, 1.165) is 0 Å². The molecule has 0 saturated heterocycles. The normalized spacial score (nSPS) is 9.75. The molecule has 0 saturated carbocycles. The fourth-order valence-corrected chi connectivity index (χ4v) is 0.240. The van der Waals surface area contributed by atoms with Crippen molar-refractivity contribution in [2.75, 3.05) is 14.1 Å². The van der Waals surface area contributed by atoms with E-state index in [-0.39, 0.29) is 0 Å². The van der Waals surface area contributed by atoms with Crippen LogP contribution in [0.2, 0.25) is 0 Å². The summed E-state index contributed by atoms with van der Waals surface area (Å²) >= 11 is 0. The van der Waals surface area contributed by atoms with Gasteiger partial charge in [-0.2, -0.15) is 0 Å². The number of hydrogen-bond donors (Lipinski definition) is 2. The molecule has 0 unspecified atom stereocenters. The van der Waals surface area contributed by atoms with Gasteiger partial charge in [-0.1, -0.05) is 0 Å². The van der Waals surface area contributed by atoms with Crippen LogP contribution in [0.1, 0.15) is 0 Å². The van der Waals surface area contributed by atoms with Crippen LogP contribution in [-0.4, -0.2) is 24.8 Å². The van der Waals surface area contributed by atoms with Crippen molar-refractivity contribution in [1.82, 2.24) is 4.90 Å². The summed E-state index contributed by atoms with van der Waals surface area (Å²) in [4.78, 5) is 1.67. The van der Waals surface area contributed by atoms with Gasteiger partial charge in [0.1, 0.15) is 5.84 Å². The molecule has 0 amide bonds. The van der Waals surface area contributed by atoms with Crippen LogP contribution in [0.4, 0.5) is 0 Å². The molecule has 0 bridgehead atoms. The van der Waals surface area contributed by atoms with Crippen LogP contribution in [0.5, 0.6) is 0 Å². The van der Waals surface area contributed by atoms with Gasteiger partial charge in [-0.05, 0) is 12.3 Å².